The molecule has 1 amide bonds. The maximum atomic E-state index is 12.4. The molecule has 1 aromatic carbocycles. The van der Waals surface area contributed by atoms with Crippen molar-refractivity contribution < 1.29 is 29.7 Å². The normalized spacial score (nSPS) is 13.0. The van der Waals surface area contributed by atoms with Crippen LogP contribution in [0.1, 0.15) is 51.9 Å². The van der Waals surface area contributed by atoms with Gasteiger partial charge in [-0.15, -0.1) is 0 Å². The van der Waals surface area contributed by atoms with Gasteiger partial charge in [0, 0.05) is 12.1 Å². The van der Waals surface area contributed by atoms with E-state index in [1.165, 1.54) is 6.92 Å². The van der Waals surface area contributed by atoms with Gasteiger partial charge in [-0.2, -0.15) is 0 Å². The molecule has 0 saturated carbocycles. The van der Waals surface area contributed by atoms with Gasteiger partial charge in [0.15, 0.2) is 0 Å². The Hall–Kier alpha value is -2.41. The number of anilines is 1. The monoisotopic (exact) mass is 365 g/mol. The summed E-state index contributed by atoms with van der Waals surface area (Å²) >= 11 is 0. The summed E-state index contributed by atoms with van der Waals surface area (Å²) < 4.78 is 0. The van der Waals surface area contributed by atoms with Crippen LogP contribution in [0.5, 0.6) is 0 Å². The van der Waals surface area contributed by atoms with Crippen molar-refractivity contribution in [1.82, 2.24) is 0 Å². The zero-order chi connectivity index (χ0) is 19.5. The smallest absolute Gasteiger partial charge is 0.326 e. The minimum atomic E-state index is -1.30. The van der Waals surface area contributed by atoms with Crippen LogP contribution in [-0.4, -0.2) is 45.3 Å². The summed E-state index contributed by atoms with van der Waals surface area (Å²) in [6.07, 6.45) is 2.66. The van der Waals surface area contributed by atoms with Gasteiger partial charge in [-0.25, -0.2) is 4.79 Å². The van der Waals surface area contributed by atoms with Crippen molar-refractivity contribution >= 4 is 23.5 Å². The second-order valence-electron chi connectivity index (χ2n) is 6.27. The standard InChI is InChI=1S/C19H27NO6/c1-14(21)18(24)20(15-10-6-5-7-11-15)16(19(25)26)12-8-3-2-4-9-13-17(22)23/h5-7,10-11,14,16,21H,2-4,8-9,12-13H2,1H3,(H,22,23)(H,25,26). The molecule has 2 unspecified atom stereocenters. The van der Waals surface area contributed by atoms with E-state index in [1.807, 2.05) is 0 Å². The van der Waals surface area contributed by atoms with E-state index in [0.717, 1.165) is 24.2 Å². The van der Waals surface area contributed by atoms with E-state index in [9.17, 15) is 24.6 Å². The molecule has 0 heterocycles. The molecule has 1 aromatic rings. The molecule has 2 atom stereocenters. The Morgan fingerprint density at radius 3 is 2.08 bits per heavy atom. The van der Waals surface area contributed by atoms with E-state index in [0.29, 0.717) is 18.5 Å². The summed E-state index contributed by atoms with van der Waals surface area (Å²) in [6.45, 7) is 1.32. The second kappa shape index (κ2) is 11.3. The van der Waals surface area contributed by atoms with Gasteiger partial charge in [-0.1, -0.05) is 43.9 Å². The molecule has 0 aliphatic rings. The number of amides is 1. The number of aliphatic carboxylic acids is 2. The van der Waals surface area contributed by atoms with E-state index in [-0.39, 0.29) is 12.8 Å². The summed E-state index contributed by atoms with van der Waals surface area (Å²) in [6, 6.07) is 7.41. The summed E-state index contributed by atoms with van der Waals surface area (Å²) in [7, 11) is 0. The fourth-order valence-electron chi connectivity index (χ4n) is 2.76. The average molecular weight is 365 g/mol. The lowest BCUT2D eigenvalue weighted by Gasteiger charge is -2.30. The van der Waals surface area contributed by atoms with Crippen molar-refractivity contribution in [3.63, 3.8) is 0 Å². The highest BCUT2D eigenvalue weighted by Gasteiger charge is 2.32. The molecule has 0 spiro atoms. The Bertz CT molecular complexity index is 587. The molecular weight excluding hydrogens is 338 g/mol. The van der Waals surface area contributed by atoms with E-state index >= 15 is 0 Å². The molecule has 144 valence electrons. The van der Waals surface area contributed by atoms with Gasteiger partial charge in [0.25, 0.3) is 5.91 Å². The largest absolute Gasteiger partial charge is 0.481 e. The zero-order valence-electron chi connectivity index (χ0n) is 15.0. The SMILES string of the molecule is CC(O)C(=O)N(c1ccccc1)C(CCCCCCCC(=O)O)C(=O)O. The molecule has 0 aromatic heterocycles. The zero-order valence-corrected chi connectivity index (χ0v) is 15.0. The molecular formula is C19H27NO6. The predicted octanol–water partition coefficient (Wildman–Crippen LogP) is 2.67. The van der Waals surface area contributed by atoms with Crippen LogP contribution in [0.3, 0.4) is 0 Å². The van der Waals surface area contributed by atoms with E-state index < -0.39 is 30.0 Å². The third kappa shape index (κ3) is 7.23. The lowest BCUT2D eigenvalue weighted by molar-refractivity contribution is -0.141. The number of carboxylic acid groups (broad SMARTS) is 2. The summed E-state index contributed by atoms with van der Waals surface area (Å²) in [5, 5.41) is 27.9. The lowest BCUT2D eigenvalue weighted by atomic mass is 10.0. The molecule has 0 aliphatic carbocycles. The van der Waals surface area contributed by atoms with Crippen LogP contribution in [0.2, 0.25) is 0 Å². The third-order valence-corrected chi connectivity index (χ3v) is 4.09. The fraction of sp³-hybridized carbons (Fsp3) is 0.526. The first-order valence-electron chi connectivity index (χ1n) is 8.85. The average Bonchev–Trinajstić information content (AvgIpc) is 2.59. The molecule has 0 fully saturated rings. The highest BCUT2D eigenvalue weighted by atomic mass is 16.4. The number of para-hydroxylation sites is 1. The quantitative estimate of drug-likeness (QED) is 0.491. The van der Waals surface area contributed by atoms with Gasteiger partial charge in [0.1, 0.15) is 12.1 Å². The van der Waals surface area contributed by atoms with Crippen molar-refractivity contribution in [1.29, 1.82) is 0 Å². The van der Waals surface area contributed by atoms with Gasteiger partial charge in [0.05, 0.1) is 0 Å². The summed E-state index contributed by atoms with van der Waals surface area (Å²) in [4.78, 5) is 35.7. The van der Waals surface area contributed by atoms with Crippen LogP contribution in [-0.2, 0) is 14.4 Å². The Morgan fingerprint density at radius 1 is 0.962 bits per heavy atom. The first-order valence-corrected chi connectivity index (χ1v) is 8.85. The van der Waals surface area contributed by atoms with Crippen LogP contribution in [0.15, 0.2) is 30.3 Å². The number of carbonyl (C=O) groups is 3. The number of hydrogen-bond donors (Lipinski definition) is 3. The van der Waals surface area contributed by atoms with Gasteiger partial charge in [-0.3, -0.25) is 14.5 Å². The number of carbonyl (C=O) groups excluding carboxylic acids is 1. The van der Waals surface area contributed by atoms with Crippen LogP contribution in [0.25, 0.3) is 0 Å². The molecule has 3 N–H and O–H groups in total. The van der Waals surface area contributed by atoms with Crippen LogP contribution in [0.4, 0.5) is 5.69 Å². The summed E-state index contributed by atoms with van der Waals surface area (Å²) in [5.41, 5.74) is 0.437. The molecule has 26 heavy (non-hydrogen) atoms. The minimum Gasteiger partial charge on any atom is -0.481 e. The minimum absolute atomic E-state index is 0.141. The van der Waals surface area contributed by atoms with Gasteiger partial charge in [0.2, 0.25) is 0 Å². The topological polar surface area (TPSA) is 115 Å². The predicted molar refractivity (Wildman–Crippen MR) is 97.0 cm³/mol. The Balaban J connectivity index is 2.70. The van der Waals surface area contributed by atoms with Crippen molar-refractivity contribution in [3.05, 3.63) is 30.3 Å². The molecule has 0 bridgehead atoms. The molecule has 0 saturated heterocycles. The van der Waals surface area contributed by atoms with Gasteiger partial charge >= 0.3 is 11.9 Å². The number of rotatable bonds is 12. The number of carboxylic acids is 2. The van der Waals surface area contributed by atoms with E-state index in [2.05, 4.69) is 0 Å². The summed E-state index contributed by atoms with van der Waals surface area (Å²) in [5.74, 6) is -2.58. The van der Waals surface area contributed by atoms with E-state index in [1.54, 1.807) is 30.3 Å². The van der Waals surface area contributed by atoms with Crippen molar-refractivity contribution in [2.75, 3.05) is 4.90 Å². The fourth-order valence-corrected chi connectivity index (χ4v) is 2.76. The molecule has 7 nitrogen and oxygen atoms in total. The Labute approximate surface area is 153 Å². The first kappa shape index (κ1) is 21.6. The van der Waals surface area contributed by atoms with Crippen molar-refractivity contribution in [2.24, 2.45) is 0 Å². The Kier molecular flexibility index (Phi) is 9.36. The second-order valence-corrected chi connectivity index (χ2v) is 6.27. The third-order valence-electron chi connectivity index (χ3n) is 4.09. The number of benzene rings is 1. The van der Waals surface area contributed by atoms with Gasteiger partial charge in [-0.05, 0) is 31.9 Å². The number of nitrogens with zero attached hydrogens (tertiary/aromatic N) is 1. The van der Waals surface area contributed by atoms with Gasteiger partial charge < -0.3 is 15.3 Å². The molecule has 0 radical (unpaired) electrons. The van der Waals surface area contributed by atoms with Crippen molar-refractivity contribution in [3.8, 4) is 0 Å². The van der Waals surface area contributed by atoms with Crippen LogP contribution >= 0.6 is 0 Å². The molecule has 1 rings (SSSR count). The molecule has 0 aliphatic heterocycles. The maximum absolute atomic E-state index is 12.4. The maximum Gasteiger partial charge on any atom is 0.326 e. The highest BCUT2D eigenvalue weighted by molar-refractivity contribution is 6.01. The highest BCUT2D eigenvalue weighted by Crippen LogP contribution is 2.22. The first-order chi connectivity index (χ1) is 12.3. The number of aliphatic hydroxyl groups is 1. The number of hydrogen-bond acceptors (Lipinski definition) is 4. The van der Waals surface area contributed by atoms with E-state index in [4.69, 9.17) is 5.11 Å². The van der Waals surface area contributed by atoms with Crippen LogP contribution in [0, 0.1) is 0 Å². The molecule has 7 heteroatoms. The number of unbranched alkanes of at least 4 members (excludes halogenated alkanes) is 4. The van der Waals surface area contributed by atoms with Crippen LogP contribution < -0.4 is 4.90 Å². The Morgan fingerprint density at radius 2 is 1.54 bits per heavy atom. The number of aliphatic hydroxyl groups excluding tert-OH is 1. The van der Waals surface area contributed by atoms with Crippen molar-refractivity contribution in [2.45, 2.75) is 64.0 Å². The lowest BCUT2D eigenvalue weighted by Crippen LogP contribution is -2.49.